The third kappa shape index (κ3) is 0.919. The maximum atomic E-state index is 4.09. The molecular weight excluding hydrogens is 218 g/mol. The number of hydrogen-bond acceptors (Lipinski definition) is 3. The van der Waals surface area contributed by atoms with Crippen LogP contribution in [0.3, 0.4) is 0 Å². The lowest BCUT2D eigenvalue weighted by atomic mass is 10.1. The van der Waals surface area contributed by atoms with Crippen molar-refractivity contribution in [3.8, 4) is 0 Å². The Labute approximate surface area is 95.0 Å². The lowest BCUT2D eigenvalue weighted by Crippen LogP contribution is -1.80. The largest absolute Gasteiger partial charge is 0.271 e. The second-order valence-electron chi connectivity index (χ2n) is 3.72. The molecule has 0 unspecified atom stereocenters. The number of hydrogen-bond donors (Lipinski definition) is 0. The van der Waals surface area contributed by atoms with Gasteiger partial charge in [0.25, 0.3) is 0 Å². The van der Waals surface area contributed by atoms with Crippen LogP contribution >= 0.6 is 11.3 Å². The smallest absolute Gasteiger partial charge is 0.217 e. The summed E-state index contributed by atoms with van der Waals surface area (Å²) in [7, 11) is 0. The lowest BCUT2D eigenvalue weighted by Gasteiger charge is -1.98. The molecular formula is C12H7N3S. The van der Waals surface area contributed by atoms with Crippen molar-refractivity contribution in [2.45, 2.75) is 0 Å². The second kappa shape index (κ2) is 2.80. The van der Waals surface area contributed by atoms with E-state index in [-0.39, 0.29) is 0 Å². The van der Waals surface area contributed by atoms with E-state index in [9.17, 15) is 0 Å². The number of aromatic nitrogens is 3. The van der Waals surface area contributed by atoms with Gasteiger partial charge in [0.1, 0.15) is 6.33 Å². The minimum atomic E-state index is 0.950. The van der Waals surface area contributed by atoms with E-state index >= 15 is 0 Å². The van der Waals surface area contributed by atoms with E-state index < -0.39 is 0 Å². The Morgan fingerprint density at radius 1 is 1.06 bits per heavy atom. The molecule has 0 spiro atoms. The number of rotatable bonds is 0. The van der Waals surface area contributed by atoms with Crippen LogP contribution in [0.2, 0.25) is 0 Å². The standard InChI is InChI=1S/C12H7N3S/c1-2-4-9-8(3-1)5-6-10-11(9)15-7-13-14-12(15)16-10/h1-7H. The Morgan fingerprint density at radius 2 is 2.00 bits per heavy atom. The Morgan fingerprint density at radius 3 is 3.00 bits per heavy atom. The third-order valence-corrected chi connectivity index (χ3v) is 3.83. The minimum absolute atomic E-state index is 0.950. The second-order valence-corrected chi connectivity index (χ2v) is 4.73. The molecule has 0 atom stereocenters. The number of fused-ring (bicyclic) bond motifs is 5. The Bertz CT molecular complexity index is 813. The van der Waals surface area contributed by atoms with Crippen LogP contribution < -0.4 is 0 Å². The van der Waals surface area contributed by atoms with Gasteiger partial charge in [-0.1, -0.05) is 41.7 Å². The first-order valence-corrected chi connectivity index (χ1v) is 5.85. The zero-order valence-electron chi connectivity index (χ0n) is 8.29. The van der Waals surface area contributed by atoms with E-state index in [2.05, 4.69) is 51.0 Å². The van der Waals surface area contributed by atoms with E-state index in [0.717, 1.165) is 4.96 Å². The molecule has 4 heteroatoms. The monoisotopic (exact) mass is 225 g/mol. The molecule has 0 aliphatic heterocycles. The highest BCUT2D eigenvalue weighted by Gasteiger charge is 2.08. The summed E-state index contributed by atoms with van der Waals surface area (Å²) in [5.74, 6) is 0. The van der Waals surface area contributed by atoms with Gasteiger partial charge in [0.2, 0.25) is 4.96 Å². The fourth-order valence-electron chi connectivity index (χ4n) is 2.11. The van der Waals surface area contributed by atoms with E-state index in [1.54, 1.807) is 17.7 Å². The van der Waals surface area contributed by atoms with Crippen LogP contribution in [0.5, 0.6) is 0 Å². The summed E-state index contributed by atoms with van der Waals surface area (Å²) in [5.41, 5.74) is 1.21. The summed E-state index contributed by atoms with van der Waals surface area (Å²) in [6, 6.07) is 12.7. The molecule has 2 aromatic heterocycles. The van der Waals surface area contributed by atoms with Crippen molar-refractivity contribution in [2.24, 2.45) is 0 Å². The first-order valence-electron chi connectivity index (χ1n) is 5.03. The predicted octanol–water partition coefficient (Wildman–Crippen LogP) is 3.10. The van der Waals surface area contributed by atoms with Crippen LogP contribution in [0.4, 0.5) is 0 Å². The van der Waals surface area contributed by atoms with E-state index in [0.29, 0.717) is 0 Å². The van der Waals surface area contributed by atoms with Gasteiger partial charge in [-0.05, 0) is 11.5 Å². The topological polar surface area (TPSA) is 30.2 Å². The highest BCUT2D eigenvalue weighted by molar-refractivity contribution is 7.23. The van der Waals surface area contributed by atoms with Gasteiger partial charge in [0.05, 0.1) is 10.2 Å². The molecule has 0 saturated carbocycles. The maximum absolute atomic E-state index is 4.09. The van der Waals surface area contributed by atoms with Crippen molar-refractivity contribution in [3.63, 3.8) is 0 Å². The molecule has 0 bridgehead atoms. The molecule has 4 rings (SSSR count). The summed E-state index contributed by atoms with van der Waals surface area (Å²) < 4.78 is 3.31. The van der Waals surface area contributed by atoms with Crippen molar-refractivity contribution in [1.29, 1.82) is 0 Å². The fraction of sp³-hybridized carbons (Fsp3) is 0. The van der Waals surface area contributed by atoms with Gasteiger partial charge in [-0.15, -0.1) is 10.2 Å². The molecule has 0 fully saturated rings. The van der Waals surface area contributed by atoms with Gasteiger partial charge < -0.3 is 0 Å². The average Bonchev–Trinajstić information content (AvgIpc) is 2.88. The van der Waals surface area contributed by atoms with Crippen molar-refractivity contribution < 1.29 is 0 Å². The molecule has 0 N–H and O–H groups in total. The highest BCUT2D eigenvalue weighted by atomic mass is 32.1. The van der Waals surface area contributed by atoms with Crippen LogP contribution in [-0.4, -0.2) is 14.6 Å². The molecule has 0 aliphatic carbocycles. The molecule has 2 aromatic carbocycles. The molecule has 0 saturated heterocycles. The SMILES string of the molecule is c1ccc2c(c1)ccc1sc3nncn3c12. The summed E-state index contributed by atoms with van der Waals surface area (Å²) in [5, 5.41) is 10.5. The number of benzene rings is 2. The minimum Gasteiger partial charge on any atom is -0.271 e. The summed E-state index contributed by atoms with van der Waals surface area (Å²) >= 11 is 1.67. The normalized spacial score (nSPS) is 11.8. The van der Waals surface area contributed by atoms with E-state index in [4.69, 9.17) is 0 Å². The Hall–Kier alpha value is -1.94. The first-order chi connectivity index (χ1) is 7.93. The van der Waals surface area contributed by atoms with Crippen molar-refractivity contribution >= 4 is 37.3 Å². The van der Waals surface area contributed by atoms with Gasteiger partial charge in [0, 0.05) is 5.39 Å². The van der Waals surface area contributed by atoms with Gasteiger partial charge in [-0.25, -0.2) is 0 Å². The quantitative estimate of drug-likeness (QED) is 0.460. The van der Waals surface area contributed by atoms with Crippen molar-refractivity contribution in [2.75, 3.05) is 0 Å². The van der Waals surface area contributed by atoms with Gasteiger partial charge in [0.15, 0.2) is 0 Å². The Kier molecular flexibility index (Phi) is 1.44. The molecule has 2 heterocycles. The highest BCUT2D eigenvalue weighted by Crippen LogP contribution is 2.31. The van der Waals surface area contributed by atoms with Crippen LogP contribution in [0.1, 0.15) is 0 Å². The number of thiazole rings is 1. The van der Waals surface area contributed by atoms with E-state index in [1.165, 1.54) is 21.0 Å². The zero-order valence-corrected chi connectivity index (χ0v) is 9.11. The number of nitrogens with zero attached hydrogens (tertiary/aromatic N) is 3. The molecule has 76 valence electrons. The average molecular weight is 225 g/mol. The van der Waals surface area contributed by atoms with Gasteiger partial charge in [-0.2, -0.15) is 0 Å². The molecule has 3 nitrogen and oxygen atoms in total. The molecule has 4 aromatic rings. The zero-order chi connectivity index (χ0) is 10.5. The summed E-state index contributed by atoms with van der Waals surface area (Å²) in [4.78, 5) is 0.950. The van der Waals surface area contributed by atoms with Crippen LogP contribution in [-0.2, 0) is 0 Å². The molecule has 0 aliphatic rings. The van der Waals surface area contributed by atoms with Gasteiger partial charge >= 0.3 is 0 Å². The van der Waals surface area contributed by atoms with Crippen LogP contribution in [0, 0.1) is 0 Å². The molecule has 0 amide bonds. The molecule has 0 radical (unpaired) electrons. The fourth-order valence-corrected chi connectivity index (χ4v) is 3.07. The van der Waals surface area contributed by atoms with Crippen molar-refractivity contribution in [3.05, 3.63) is 42.7 Å². The van der Waals surface area contributed by atoms with Gasteiger partial charge in [-0.3, -0.25) is 4.40 Å². The van der Waals surface area contributed by atoms with Crippen LogP contribution in [0.25, 0.3) is 25.9 Å². The third-order valence-electron chi connectivity index (χ3n) is 2.82. The lowest BCUT2D eigenvalue weighted by molar-refractivity contribution is 1.11. The van der Waals surface area contributed by atoms with Crippen LogP contribution in [0.15, 0.2) is 42.7 Å². The maximum Gasteiger partial charge on any atom is 0.217 e. The summed E-state index contributed by atoms with van der Waals surface area (Å²) in [6.45, 7) is 0. The Balaban J connectivity index is 2.41. The van der Waals surface area contributed by atoms with Crippen molar-refractivity contribution in [1.82, 2.24) is 14.6 Å². The van der Waals surface area contributed by atoms with E-state index in [1.807, 2.05) is 0 Å². The first kappa shape index (κ1) is 8.24. The molecule has 16 heavy (non-hydrogen) atoms. The summed E-state index contributed by atoms with van der Waals surface area (Å²) in [6.07, 6.45) is 1.78. The predicted molar refractivity (Wildman–Crippen MR) is 65.9 cm³/mol.